The fourth-order valence-electron chi connectivity index (χ4n) is 2.28. The van der Waals surface area contributed by atoms with Crippen LogP contribution >= 0.6 is 0 Å². The van der Waals surface area contributed by atoms with Crippen LogP contribution in [-0.2, 0) is 9.59 Å². The summed E-state index contributed by atoms with van der Waals surface area (Å²) >= 11 is 0. The number of carbonyl (C=O) groups is 2. The van der Waals surface area contributed by atoms with Gasteiger partial charge in [0.05, 0.1) is 5.92 Å². The minimum Gasteiger partial charge on any atom is -0.478 e. The number of hydrogen-bond acceptors (Lipinski definition) is 3. The molecule has 1 amide bonds. The first-order valence-electron chi connectivity index (χ1n) is 6.59. The number of anilines is 1. The third-order valence-corrected chi connectivity index (χ3v) is 3.43. The van der Waals surface area contributed by atoms with Gasteiger partial charge in [0, 0.05) is 18.3 Å². The molecule has 1 aliphatic heterocycles. The van der Waals surface area contributed by atoms with E-state index in [2.05, 4.69) is 17.6 Å². The Labute approximate surface area is 117 Å². The van der Waals surface area contributed by atoms with Gasteiger partial charge >= 0.3 is 5.97 Å². The molecule has 20 heavy (non-hydrogen) atoms. The molecular weight excluding hydrogens is 256 g/mol. The highest BCUT2D eigenvalue weighted by Gasteiger charge is 2.29. The number of hydrogen-bond donors (Lipinski definition) is 3. The summed E-state index contributed by atoms with van der Waals surface area (Å²) < 4.78 is 0. The molecule has 0 radical (unpaired) electrons. The summed E-state index contributed by atoms with van der Waals surface area (Å²) in [4.78, 5) is 22.6. The molecule has 0 aliphatic carbocycles. The number of aliphatic carboxylic acids is 1. The molecule has 106 valence electrons. The number of carboxylic acid groups (broad SMARTS) is 1. The molecule has 2 rings (SSSR count). The molecule has 2 atom stereocenters. The Bertz CT molecular complexity index is 540. The van der Waals surface area contributed by atoms with E-state index in [4.69, 9.17) is 5.11 Å². The van der Waals surface area contributed by atoms with Crippen LogP contribution in [0.1, 0.15) is 12.5 Å². The van der Waals surface area contributed by atoms with Gasteiger partial charge in [-0.1, -0.05) is 19.1 Å². The second-order valence-electron chi connectivity index (χ2n) is 5.03. The monoisotopic (exact) mass is 274 g/mol. The SMILES string of the molecule is C[C@@H]1CNC[C@H]1C(=O)Nc1cccc(/C=C/C(=O)O)c1. The van der Waals surface area contributed by atoms with E-state index < -0.39 is 5.97 Å². The number of amides is 1. The molecule has 1 aromatic carbocycles. The zero-order valence-corrected chi connectivity index (χ0v) is 11.3. The minimum atomic E-state index is -0.995. The number of carbonyl (C=O) groups excluding carboxylic acids is 1. The highest BCUT2D eigenvalue weighted by molar-refractivity contribution is 5.93. The average molecular weight is 274 g/mol. The Hall–Kier alpha value is -2.14. The van der Waals surface area contributed by atoms with E-state index in [0.717, 1.165) is 18.2 Å². The number of nitrogens with one attached hydrogen (secondary N) is 2. The molecule has 1 aliphatic rings. The van der Waals surface area contributed by atoms with Crippen LogP contribution in [0.5, 0.6) is 0 Å². The van der Waals surface area contributed by atoms with E-state index >= 15 is 0 Å². The summed E-state index contributed by atoms with van der Waals surface area (Å²) in [6.45, 7) is 3.61. The van der Waals surface area contributed by atoms with E-state index in [9.17, 15) is 9.59 Å². The summed E-state index contributed by atoms with van der Waals surface area (Å²) in [5.74, 6) is -0.689. The van der Waals surface area contributed by atoms with Crippen LogP contribution in [0.25, 0.3) is 6.08 Å². The zero-order chi connectivity index (χ0) is 14.5. The molecule has 1 heterocycles. The molecule has 1 fully saturated rings. The molecule has 0 saturated carbocycles. The predicted octanol–water partition coefficient (Wildman–Crippen LogP) is 1.58. The van der Waals surface area contributed by atoms with E-state index in [-0.39, 0.29) is 11.8 Å². The van der Waals surface area contributed by atoms with Crippen LogP contribution in [0.2, 0.25) is 0 Å². The maximum Gasteiger partial charge on any atom is 0.328 e. The lowest BCUT2D eigenvalue weighted by atomic mass is 9.97. The van der Waals surface area contributed by atoms with Crippen LogP contribution in [0.15, 0.2) is 30.3 Å². The highest BCUT2D eigenvalue weighted by atomic mass is 16.4. The van der Waals surface area contributed by atoms with Crippen molar-refractivity contribution in [3.05, 3.63) is 35.9 Å². The van der Waals surface area contributed by atoms with Crippen molar-refractivity contribution in [3.8, 4) is 0 Å². The first-order chi connectivity index (χ1) is 9.56. The van der Waals surface area contributed by atoms with Crippen LogP contribution in [-0.4, -0.2) is 30.1 Å². The Kier molecular flexibility index (Phi) is 4.53. The Morgan fingerprint density at radius 3 is 2.85 bits per heavy atom. The van der Waals surface area contributed by atoms with Gasteiger partial charge in [0.1, 0.15) is 0 Å². The molecule has 0 aromatic heterocycles. The fraction of sp³-hybridized carbons (Fsp3) is 0.333. The number of rotatable bonds is 4. The van der Waals surface area contributed by atoms with Crippen LogP contribution < -0.4 is 10.6 Å². The lowest BCUT2D eigenvalue weighted by Crippen LogP contribution is -2.27. The summed E-state index contributed by atoms with van der Waals surface area (Å²) in [5.41, 5.74) is 1.42. The van der Waals surface area contributed by atoms with Crippen molar-refractivity contribution in [2.75, 3.05) is 18.4 Å². The van der Waals surface area contributed by atoms with Gasteiger partial charge in [-0.3, -0.25) is 4.79 Å². The van der Waals surface area contributed by atoms with Gasteiger partial charge in [0.25, 0.3) is 0 Å². The van der Waals surface area contributed by atoms with E-state index in [0.29, 0.717) is 18.2 Å². The van der Waals surface area contributed by atoms with Crippen molar-refractivity contribution in [1.29, 1.82) is 0 Å². The fourth-order valence-corrected chi connectivity index (χ4v) is 2.28. The van der Waals surface area contributed by atoms with Crippen molar-refractivity contribution in [2.24, 2.45) is 11.8 Å². The van der Waals surface area contributed by atoms with Gasteiger partial charge in [-0.25, -0.2) is 4.79 Å². The summed E-state index contributed by atoms with van der Waals surface area (Å²) in [7, 11) is 0. The average Bonchev–Trinajstić information content (AvgIpc) is 2.83. The van der Waals surface area contributed by atoms with Crippen molar-refractivity contribution in [1.82, 2.24) is 5.32 Å². The van der Waals surface area contributed by atoms with Gasteiger partial charge in [0.15, 0.2) is 0 Å². The summed E-state index contributed by atoms with van der Waals surface area (Å²) in [6.07, 6.45) is 2.57. The van der Waals surface area contributed by atoms with Gasteiger partial charge in [0.2, 0.25) is 5.91 Å². The lowest BCUT2D eigenvalue weighted by Gasteiger charge is -2.14. The summed E-state index contributed by atoms with van der Waals surface area (Å²) in [6, 6.07) is 7.12. The van der Waals surface area contributed by atoms with Crippen molar-refractivity contribution < 1.29 is 14.7 Å². The normalized spacial score (nSPS) is 22.1. The van der Waals surface area contributed by atoms with Gasteiger partial charge < -0.3 is 15.7 Å². The number of benzene rings is 1. The first kappa shape index (κ1) is 14.3. The van der Waals surface area contributed by atoms with E-state index in [1.54, 1.807) is 24.3 Å². The van der Waals surface area contributed by atoms with E-state index in [1.165, 1.54) is 6.08 Å². The first-order valence-corrected chi connectivity index (χ1v) is 6.59. The van der Waals surface area contributed by atoms with Crippen LogP contribution in [0.4, 0.5) is 5.69 Å². The molecular formula is C15H18N2O3. The molecule has 0 spiro atoms. The Balaban J connectivity index is 2.04. The van der Waals surface area contributed by atoms with Crippen molar-refractivity contribution in [3.63, 3.8) is 0 Å². The second kappa shape index (κ2) is 6.34. The van der Waals surface area contributed by atoms with E-state index in [1.807, 2.05) is 0 Å². The third-order valence-electron chi connectivity index (χ3n) is 3.43. The summed E-state index contributed by atoms with van der Waals surface area (Å²) in [5, 5.41) is 14.7. The highest BCUT2D eigenvalue weighted by Crippen LogP contribution is 2.19. The minimum absolute atomic E-state index is 0.00173. The van der Waals surface area contributed by atoms with Gasteiger partial charge in [-0.15, -0.1) is 0 Å². The van der Waals surface area contributed by atoms with Crippen LogP contribution in [0, 0.1) is 11.8 Å². The van der Waals surface area contributed by atoms with Crippen molar-refractivity contribution >= 4 is 23.6 Å². The number of carboxylic acids is 1. The maximum absolute atomic E-state index is 12.1. The molecule has 5 heteroatoms. The lowest BCUT2D eigenvalue weighted by molar-refractivity contribution is -0.131. The molecule has 0 unspecified atom stereocenters. The Morgan fingerprint density at radius 1 is 1.40 bits per heavy atom. The standard InChI is InChI=1S/C15H18N2O3/c1-10-8-16-9-13(10)15(20)17-12-4-2-3-11(7-12)5-6-14(18)19/h2-7,10,13,16H,8-9H2,1H3,(H,17,20)(H,18,19)/b6-5+/t10-,13-/m1/s1. The molecule has 0 bridgehead atoms. The van der Waals surface area contributed by atoms with Gasteiger partial charge in [-0.2, -0.15) is 0 Å². The Morgan fingerprint density at radius 2 is 2.20 bits per heavy atom. The molecule has 5 nitrogen and oxygen atoms in total. The topological polar surface area (TPSA) is 78.4 Å². The largest absolute Gasteiger partial charge is 0.478 e. The second-order valence-corrected chi connectivity index (χ2v) is 5.03. The predicted molar refractivity (Wildman–Crippen MR) is 77.3 cm³/mol. The molecule has 1 aromatic rings. The molecule has 1 saturated heterocycles. The van der Waals surface area contributed by atoms with Crippen LogP contribution in [0.3, 0.4) is 0 Å². The smallest absolute Gasteiger partial charge is 0.328 e. The quantitative estimate of drug-likeness (QED) is 0.728. The molecule has 3 N–H and O–H groups in total. The third kappa shape index (κ3) is 3.68. The maximum atomic E-state index is 12.1. The van der Waals surface area contributed by atoms with Gasteiger partial charge in [-0.05, 0) is 36.2 Å². The van der Waals surface area contributed by atoms with Crippen molar-refractivity contribution in [2.45, 2.75) is 6.92 Å². The zero-order valence-electron chi connectivity index (χ0n) is 11.3.